The van der Waals surface area contributed by atoms with Crippen LogP contribution in [0, 0.1) is 5.92 Å². The molecule has 0 aromatic heterocycles. The van der Waals surface area contributed by atoms with Gasteiger partial charge in [0.25, 0.3) is 0 Å². The Morgan fingerprint density at radius 2 is 1.34 bits per heavy atom. The fourth-order valence-corrected chi connectivity index (χ4v) is 2.56. The number of amides is 5. The van der Waals surface area contributed by atoms with E-state index < -0.39 is 78.1 Å². The van der Waals surface area contributed by atoms with E-state index >= 15 is 0 Å². The predicted octanol–water partition coefficient (Wildman–Crippen LogP) is -3.97. The van der Waals surface area contributed by atoms with Crippen molar-refractivity contribution in [3.63, 3.8) is 0 Å². The van der Waals surface area contributed by atoms with Gasteiger partial charge in [0.15, 0.2) is 0 Å². The van der Waals surface area contributed by atoms with Gasteiger partial charge in [-0.15, -0.1) is 0 Å². The highest BCUT2D eigenvalue weighted by Crippen LogP contribution is 2.05. The standard InChI is InChI=1S/C18H32N6O8/c1-7(2)13(18(31)32)23-17(30)14(8(3)25)24-16(29)10(4-5-11(20)26)22-15(28)9(19)6-12(21)27/h7-10,13-14,25H,4-6,19H2,1-3H3,(H2,20,26)(H2,21,27)(H,22,28)(H,23,30)(H,24,29)(H,31,32). The third-order valence-electron chi connectivity index (χ3n) is 4.36. The molecule has 0 radical (unpaired) electrons. The van der Waals surface area contributed by atoms with Gasteiger partial charge in [0.05, 0.1) is 18.6 Å². The summed E-state index contributed by atoms with van der Waals surface area (Å²) < 4.78 is 0. The lowest BCUT2D eigenvalue weighted by molar-refractivity contribution is -0.144. The molecule has 11 N–H and O–H groups in total. The first-order valence-corrected chi connectivity index (χ1v) is 9.81. The number of carboxylic acids is 1. The van der Waals surface area contributed by atoms with E-state index in [-0.39, 0.29) is 12.8 Å². The second kappa shape index (κ2) is 13.2. The van der Waals surface area contributed by atoms with E-state index in [4.69, 9.17) is 17.2 Å². The molecular weight excluding hydrogens is 428 g/mol. The van der Waals surface area contributed by atoms with Crippen molar-refractivity contribution in [3.8, 4) is 0 Å². The molecule has 0 saturated heterocycles. The monoisotopic (exact) mass is 460 g/mol. The fraction of sp³-hybridized carbons (Fsp3) is 0.667. The summed E-state index contributed by atoms with van der Waals surface area (Å²) in [6, 6.07) is -5.62. The van der Waals surface area contributed by atoms with Gasteiger partial charge >= 0.3 is 5.97 Å². The Kier molecular flexibility index (Phi) is 11.9. The van der Waals surface area contributed by atoms with Gasteiger partial charge in [0.1, 0.15) is 18.1 Å². The normalized spacial score (nSPS) is 15.6. The molecule has 5 unspecified atom stereocenters. The quantitative estimate of drug-likeness (QED) is 0.125. The second-order valence-electron chi connectivity index (χ2n) is 7.64. The van der Waals surface area contributed by atoms with Gasteiger partial charge in [0.2, 0.25) is 29.5 Å². The van der Waals surface area contributed by atoms with Crippen LogP contribution in [0.2, 0.25) is 0 Å². The Balaban J connectivity index is 5.49. The summed E-state index contributed by atoms with van der Waals surface area (Å²) >= 11 is 0. The maximum absolute atomic E-state index is 12.7. The molecule has 0 aromatic rings. The van der Waals surface area contributed by atoms with Crippen LogP contribution in [0.15, 0.2) is 0 Å². The summed E-state index contributed by atoms with van der Waals surface area (Å²) in [4.78, 5) is 70.7. The number of aliphatic carboxylic acids is 1. The zero-order chi connectivity index (χ0) is 25.2. The molecule has 0 saturated carbocycles. The molecule has 14 nitrogen and oxygen atoms in total. The maximum Gasteiger partial charge on any atom is 0.326 e. The minimum absolute atomic E-state index is 0.270. The van der Waals surface area contributed by atoms with E-state index in [1.807, 2.05) is 0 Å². The molecule has 0 heterocycles. The molecule has 0 fully saturated rings. The van der Waals surface area contributed by atoms with E-state index in [1.54, 1.807) is 13.8 Å². The Morgan fingerprint density at radius 3 is 1.75 bits per heavy atom. The van der Waals surface area contributed by atoms with E-state index in [2.05, 4.69) is 16.0 Å². The first-order chi connectivity index (χ1) is 14.7. The van der Waals surface area contributed by atoms with E-state index in [0.29, 0.717) is 0 Å². The third-order valence-corrected chi connectivity index (χ3v) is 4.36. The summed E-state index contributed by atoms with van der Waals surface area (Å²) in [5, 5.41) is 25.8. The van der Waals surface area contributed by atoms with Crippen LogP contribution in [0.4, 0.5) is 0 Å². The number of hydrogen-bond donors (Lipinski definition) is 8. The summed E-state index contributed by atoms with van der Waals surface area (Å²) in [6.45, 7) is 4.30. The van der Waals surface area contributed by atoms with Crippen molar-refractivity contribution in [1.29, 1.82) is 0 Å². The summed E-state index contributed by atoms with van der Waals surface area (Å²) in [5.74, 6) is -6.28. The van der Waals surface area contributed by atoms with E-state index in [0.717, 1.165) is 0 Å². The molecule has 0 bridgehead atoms. The van der Waals surface area contributed by atoms with Crippen LogP contribution in [0.3, 0.4) is 0 Å². The van der Waals surface area contributed by atoms with Crippen LogP contribution in [0.1, 0.15) is 40.0 Å². The Bertz CT molecular complexity index is 726. The number of carbonyl (C=O) groups is 6. The van der Waals surface area contributed by atoms with Crippen molar-refractivity contribution in [3.05, 3.63) is 0 Å². The molecule has 0 spiro atoms. The van der Waals surface area contributed by atoms with Crippen molar-refractivity contribution in [2.45, 2.75) is 70.3 Å². The molecule has 5 amide bonds. The maximum atomic E-state index is 12.7. The molecule has 182 valence electrons. The van der Waals surface area contributed by atoms with Gasteiger partial charge < -0.3 is 43.4 Å². The molecule has 0 aromatic carbocycles. The van der Waals surface area contributed by atoms with Gasteiger partial charge in [-0.2, -0.15) is 0 Å². The molecule has 5 atom stereocenters. The van der Waals surface area contributed by atoms with Crippen LogP contribution in [0.5, 0.6) is 0 Å². The SMILES string of the molecule is CC(C)C(NC(=O)C(NC(=O)C(CCC(N)=O)NC(=O)C(N)CC(N)=O)C(C)O)C(=O)O. The number of carboxylic acid groups (broad SMARTS) is 1. The van der Waals surface area contributed by atoms with Gasteiger partial charge in [0, 0.05) is 6.42 Å². The Hall–Kier alpha value is -3.26. The van der Waals surface area contributed by atoms with Gasteiger partial charge in [-0.1, -0.05) is 13.8 Å². The number of aliphatic hydroxyl groups is 1. The topological polar surface area (TPSA) is 257 Å². The van der Waals surface area contributed by atoms with Gasteiger partial charge in [-0.05, 0) is 19.3 Å². The molecule has 0 aliphatic carbocycles. The van der Waals surface area contributed by atoms with Crippen molar-refractivity contribution in [2.75, 3.05) is 0 Å². The van der Waals surface area contributed by atoms with Crippen LogP contribution in [-0.4, -0.2) is 76.0 Å². The third kappa shape index (κ3) is 10.2. The van der Waals surface area contributed by atoms with E-state index in [1.165, 1.54) is 6.92 Å². The average Bonchev–Trinajstić information content (AvgIpc) is 2.65. The van der Waals surface area contributed by atoms with Crippen LogP contribution in [0.25, 0.3) is 0 Å². The summed E-state index contributed by atoms with van der Waals surface area (Å²) in [5.41, 5.74) is 15.6. The predicted molar refractivity (Wildman–Crippen MR) is 110 cm³/mol. The number of nitrogens with two attached hydrogens (primary N) is 3. The molecule has 0 aliphatic rings. The Labute approximate surface area is 184 Å². The lowest BCUT2D eigenvalue weighted by Gasteiger charge is -2.27. The number of hydrogen-bond acceptors (Lipinski definition) is 8. The molecule has 0 rings (SSSR count). The lowest BCUT2D eigenvalue weighted by Crippen LogP contribution is -2.60. The number of rotatable bonds is 14. The zero-order valence-corrected chi connectivity index (χ0v) is 18.2. The fourth-order valence-electron chi connectivity index (χ4n) is 2.56. The van der Waals surface area contributed by atoms with Crippen molar-refractivity contribution in [2.24, 2.45) is 23.1 Å². The lowest BCUT2D eigenvalue weighted by atomic mass is 10.0. The second-order valence-corrected chi connectivity index (χ2v) is 7.64. The Morgan fingerprint density at radius 1 is 0.812 bits per heavy atom. The number of primary amides is 2. The molecule has 14 heteroatoms. The van der Waals surface area contributed by atoms with Crippen LogP contribution in [-0.2, 0) is 28.8 Å². The minimum atomic E-state index is -1.57. The van der Waals surface area contributed by atoms with Gasteiger partial charge in [-0.3, -0.25) is 24.0 Å². The first kappa shape index (κ1) is 28.7. The molecular formula is C18H32N6O8. The van der Waals surface area contributed by atoms with Crippen molar-refractivity contribution < 1.29 is 39.0 Å². The average molecular weight is 460 g/mol. The summed E-state index contributed by atoms with van der Waals surface area (Å²) in [6.07, 6.45) is -2.53. The zero-order valence-electron chi connectivity index (χ0n) is 18.2. The van der Waals surface area contributed by atoms with Gasteiger partial charge in [-0.25, -0.2) is 4.79 Å². The number of aliphatic hydroxyl groups excluding tert-OH is 1. The molecule has 32 heavy (non-hydrogen) atoms. The van der Waals surface area contributed by atoms with Crippen LogP contribution >= 0.6 is 0 Å². The summed E-state index contributed by atoms with van der Waals surface area (Å²) in [7, 11) is 0. The first-order valence-electron chi connectivity index (χ1n) is 9.81. The van der Waals surface area contributed by atoms with Crippen LogP contribution < -0.4 is 33.2 Å². The largest absolute Gasteiger partial charge is 0.480 e. The smallest absolute Gasteiger partial charge is 0.326 e. The molecule has 0 aliphatic heterocycles. The van der Waals surface area contributed by atoms with Crippen molar-refractivity contribution in [1.82, 2.24) is 16.0 Å². The number of nitrogens with one attached hydrogen (secondary N) is 3. The van der Waals surface area contributed by atoms with E-state index in [9.17, 15) is 39.0 Å². The highest BCUT2D eigenvalue weighted by molar-refractivity contribution is 5.95. The minimum Gasteiger partial charge on any atom is -0.480 e. The van der Waals surface area contributed by atoms with Crippen molar-refractivity contribution >= 4 is 35.5 Å². The number of carbonyl (C=O) groups excluding carboxylic acids is 5. The highest BCUT2D eigenvalue weighted by Gasteiger charge is 2.33. The highest BCUT2D eigenvalue weighted by atomic mass is 16.4.